The summed E-state index contributed by atoms with van der Waals surface area (Å²) in [5.41, 5.74) is 2.93. The first-order valence-corrected chi connectivity index (χ1v) is 9.90. The largest absolute Gasteiger partial charge is 0.436 e. The number of rotatable bonds is 4. The minimum atomic E-state index is -0.306. The molecule has 1 fully saturated rings. The molecule has 1 amide bonds. The Morgan fingerprint density at radius 2 is 1.93 bits per heavy atom. The van der Waals surface area contributed by atoms with E-state index in [1.54, 1.807) is 37.1 Å². The average molecular weight is 409 g/mol. The third kappa shape index (κ3) is 3.65. The van der Waals surface area contributed by atoms with Crippen molar-refractivity contribution >= 4 is 11.9 Å². The lowest BCUT2D eigenvalue weighted by Gasteiger charge is -2.26. The molecular weight excluding hydrogens is 385 g/mol. The third-order valence-corrected chi connectivity index (χ3v) is 5.29. The summed E-state index contributed by atoms with van der Waals surface area (Å²) in [5, 5.41) is 0. The van der Waals surface area contributed by atoms with Crippen LogP contribution >= 0.6 is 0 Å². The summed E-state index contributed by atoms with van der Waals surface area (Å²) in [7, 11) is 3.74. The number of benzene rings is 1. The fourth-order valence-electron chi connectivity index (χ4n) is 3.86. The van der Waals surface area contributed by atoms with Crippen molar-refractivity contribution in [1.82, 2.24) is 19.9 Å². The van der Waals surface area contributed by atoms with Gasteiger partial charge in [0.1, 0.15) is 5.82 Å². The minimum Gasteiger partial charge on any atom is -0.436 e. The Balaban J connectivity index is 1.78. The predicted molar refractivity (Wildman–Crippen MR) is 111 cm³/mol. The van der Waals surface area contributed by atoms with E-state index in [1.165, 1.54) is 12.1 Å². The topological polar surface area (TPSA) is 75.4 Å². The maximum atomic E-state index is 13.5. The van der Waals surface area contributed by atoms with Crippen molar-refractivity contribution in [1.29, 1.82) is 0 Å². The molecule has 0 aliphatic carbocycles. The zero-order valence-electron chi connectivity index (χ0n) is 17.5. The van der Waals surface area contributed by atoms with Crippen molar-refractivity contribution in [3.05, 3.63) is 59.3 Å². The predicted octanol–water partition coefficient (Wildman–Crippen LogP) is 3.93. The van der Waals surface area contributed by atoms with Crippen molar-refractivity contribution in [2.75, 3.05) is 25.5 Å². The van der Waals surface area contributed by atoms with Crippen LogP contribution in [0.2, 0.25) is 0 Å². The smallest absolute Gasteiger partial charge is 0.292 e. The average Bonchev–Trinajstić information content (AvgIpc) is 3.34. The Morgan fingerprint density at radius 3 is 2.57 bits per heavy atom. The van der Waals surface area contributed by atoms with Crippen LogP contribution in [-0.4, -0.2) is 46.4 Å². The number of nitrogens with zero attached hydrogens (tertiary/aromatic N) is 5. The number of carbonyl (C=O) groups is 1. The van der Waals surface area contributed by atoms with Crippen LogP contribution in [0, 0.1) is 19.7 Å². The van der Waals surface area contributed by atoms with Crippen molar-refractivity contribution in [3.8, 4) is 11.1 Å². The van der Waals surface area contributed by atoms with Crippen LogP contribution in [0.25, 0.3) is 11.1 Å². The number of carbonyl (C=O) groups excluding carboxylic acids is 1. The molecule has 0 bridgehead atoms. The molecule has 30 heavy (non-hydrogen) atoms. The molecule has 1 atom stereocenters. The molecule has 156 valence electrons. The first-order chi connectivity index (χ1) is 14.3. The van der Waals surface area contributed by atoms with E-state index in [-0.39, 0.29) is 23.5 Å². The second kappa shape index (κ2) is 7.85. The lowest BCUT2D eigenvalue weighted by atomic mass is 9.99. The highest BCUT2D eigenvalue weighted by atomic mass is 19.1. The Labute approximate surface area is 174 Å². The van der Waals surface area contributed by atoms with Crippen LogP contribution in [0.5, 0.6) is 0 Å². The van der Waals surface area contributed by atoms with Gasteiger partial charge in [-0.25, -0.2) is 19.3 Å². The standard InChI is InChI=1S/C22H24FN5O2/c1-13-20(30-14(2)25-13)21(29)28-11-5-6-18(28)19-17(12-24-22(26-19)27(3)4)15-7-9-16(23)10-8-15/h7-10,12,18H,5-6,11H2,1-4H3. The zero-order valence-corrected chi connectivity index (χ0v) is 17.5. The molecule has 7 nitrogen and oxygen atoms in total. The molecule has 1 aromatic carbocycles. The van der Waals surface area contributed by atoms with E-state index in [4.69, 9.17) is 9.40 Å². The summed E-state index contributed by atoms with van der Waals surface area (Å²) in [4.78, 5) is 30.3. The number of likely N-dealkylation sites (tertiary alicyclic amines) is 1. The van der Waals surface area contributed by atoms with Gasteiger partial charge in [0, 0.05) is 39.3 Å². The lowest BCUT2D eigenvalue weighted by molar-refractivity contribution is 0.0698. The highest BCUT2D eigenvalue weighted by molar-refractivity contribution is 5.93. The van der Waals surface area contributed by atoms with Crippen molar-refractivity contribution in [2.24, 2.45) is 0 Å². The van der Waals surface area contributed by atoms with Crippen LogP contribution < -0.4 is 4.90 Å². The van der Waals surface area contributed by atoms with Gasteiger partial charge in [0.25, 0.3) is 5.91 Å². The number of aryl methyl sites for hydroxylation is 2. The Bertz CT molecular complexity index is 1080. The molecule has 4 rings (SSSR count). The van der Waals surface area contributed by atoms with Gasteiger partial charge in [0.05, 0.1) is 17.4 Å². The van der Waals surface area contributed by atoms with E-state index >= 15 is 0 Å². The number of hydrogen-bond donors (Lipinski definition) is 0. The summed E-state index contributed by atoms with van der Waals surface area (Å²) in [6.45, 7) is 4.10. The molecule has 1 aliphatic heterocycles. The fourth-order valence-corrected chi connectivity index (χ4v) is 3.86. The summed E-state index contributed by atoms with van der Waals surface area (Å²) >= 11 is 0. The molecule has 0 spiro atoms. The summed E-state index contributed by atoms with van der Waals surface area (Å²) in [6.07, 6.45) is 3.37. The number of halogens is 1. The lowest BCUT2D eigenvalue weighted by Crippen LogP contribution is -2.32. The fraction of sp³-hybridized carbons (Fsp3) is 0.364. The Morgan fingerprint density at radius 1 is 1.20 bits per heavy atom. The molecule has 0 N–H and O–H groups in total. The van der Waals surface area contributed by atoms with Gasteiger partial charge < -0.3 is 14.2 Å². The van der Waals surface area contributed by atoms with Crippen LogP contribution in [-0.2, 0) is 0 Å². The van der Waals surface area contributed by atoms with Crippen LogP contribution in [0.15, 0.2) is 34.9 Å². The van der Waals surface area contributed by atoms with Gasteiger partial charge in [-0.05, 0) is 37.5 Å². The second-order valence-corrected chi connectivity index (χ2v) is 7.67. The van der Waals surface area contributed by atoms with E-state index in [0.29, 0.717) is 24.1 Å². The van der Waals surface area contributed by atoms with Crippen molar-refractivity contribution in [3.63, 3.8) is 0 Å². The summed E-state index contributed by atoms with van der Waals surface area (Å²) in [6, 6.07) is 6.01. The SMILES string of the molecule is Cc1nc(C)c(C(=O)N2CCCC2c2nc(N(C)C)ncc2-c2ccc(F)cc2)o1. The second-order valence-electron chi connectivity index (χ2n) is 7.67. The molecule has 1 aliphatic rings. The molecule has 1 saturated heterocycles. The number of aromatic nitrogens is 3. The normalized spacial score (nSPS) is 16.2. The first kappa shape index (κ1) is 20.0. The van der Waals surface area contributed by atoms with E-state index < -0.39 is 0 Å². The number of anilines is 1. The van der Waals surface area contributed by atoms with Gasteiger partial charge in [-0.1, -0.05) is 12.1 Å². The van der Waals surface area contributed by atoms with Gasteiger partial charge >= 0.3 is 0 Å². The maximum absolute atomic E-state index is 13.5. The zero-order chi connectivity index (χ0) is 21.4. The highest BCUT2D eigenvalue weighted by Gasteiger charge is 2.36. The molecule has 0 saturated carbocycles. The van der Waals surface area contributed by atoms with Crippen LogP contribution in [0.1, 0.15) is 46.7 Å². The van der Waals surface area contributed by atoms with E-state index in [9.17, 15) is 9.18 Å². The van der Waals surface area contributed by atoms with Crippen LogP contribution in [0.3, 0.4) is 0 Å². The number of amides is 1. The molecule has 0 radical (unpaired) electrons. The Kier molecular flexibility index (Phi) is 5.24. The van der Waals surface area contributed by atoms with E-state index in [0.717, 1.165) is 29.7 Å². The Hall–Kier alpha value is -3.29. The number of oxazole rings is 1. The quantitative estimate of drug-likeness (QED) is 0.650. The molecular formula is C22H24FN5O2. The van der Waals surface area contributed by atoms with Crippen LogP contribution in [0.4, 0.5) is 10.3 Å². The van der Waals surface area contributed by atoms with Crippen molar-refractivity contribution < 1.29 is 13.6 Å². The van der Waals surface area contributed by atoms with Gasteiger partial charge in [0.2, 0.25) is 11.7 Å². The molecule has 2 aromatic heterocycles. The maximum Gasteiger partial charge on any atom is 0.292 e. The molecule has 8 heteroatoms. The molecule has 3 aromatic rings. The van der Waals surface area contributed by atoms with Gasteiger partial charge in [-0.3, -0.25) is 4.79 Å². The van der Waals surface area contributed by atoms with E-state index in [2.05, 4.69) is 9.97 Å². The van der Waals surface area contributed by atoms with Crippen molar-refractivity contribution in [2.45, 2.75) is 32.7 Å². The monoisotopic (exact) mass is 409 g/mol. The van der Waals surface area contributed by atoms with Gasteiger partial charge in [-0.2, -0.15) is 0 Å². The molecule has 1 unspecified atom stereocenters. The third-order valence-electron chi connectivity index (χ3n) is 5.29. The summed E-state index contributed by atoms with van der Waals surface area (Å²) < 4.78 is 19.0. The highest BCUT2D eigenvalue weighted by Crippen LogP contribution is 2.38. The number of hydrogen-bond acceptors (Lipinski definition) is 6. The summed E-state index contributed by atoms with van der Waals surface area (Å²) in [5.74, 6) is 0.799. The first-order valence-electron chi connectivity index (χ1n) is 9.90. The van der Waals surface area contributed by atoms with E-state index in [1.807, 2.05) is 19.0 Å². The molecule has 3 heterocycles. The van der Waals surface area contributed by atoms with Gasteiger partial charge in [-0.15, -0.1) is 0 Å². The van der Waals surface area contributed by atoms with Gasteiger partial charge in [0.15, 0.2) is 5.89 Å². The minimum absolute atomic E-state index is 0.189.